The Balaban J connectivity index is 1.76. The molecule has 3 N–H and O–H groups in total. The lowest BCUT2D eigenvalue weighted by molar-refractivity contribution is -0.114. The minimum absolute atomic E-state index is 0.103. The highest BCUT2D eigenvalue weighted by molar-refractivity contribution is 5.89. The highest BCUT2D eigenvalue weighted by Gasteiger charge is 2.07. The van der Waals surface area contributed by atoms with Gasteiger partial charge in [0.1, 0.15) is 18.5 Å². The zero-order chi connectivity index (χ0) is 17.4. The Morgan fingerprint density at radius 3 is 2.75 bits per heavy atom. The Morgan fingerprint density at radius 2 is 2.00 bits per heavy atom. The van der Waals surface area contributed by atoms with Crippen molar-refractivity contribution in [3.8, 4) is 5.75 Å². The summed E-state index contributed by atoms with van der Waals surface area (Å²) >= 11 is 0. The van der Waals surface area contributed by atoms with Gasteiger partial charge in [0.05, 0.1) is 0 Å². The Bertz CT molecular complexity index is 673. The summed E-state index contributed by atoms with van der Waals surface area (Å²) in [6, 6.07) is 15.3. The van der Waals surface area contributed by atoms with E-state index in [0.717, 1.165) is 22.6 Å². The van der Waals surface area contributed by atoms with Crippen molar-refractivity contribution in [3.05, 3.63) is 59.7 Å². The Kier molecular flexibility index (Phi) is 6.78. The van der Waals surface area contributed by atoms with E-state index in [2.05, 4.69) is 10.6 Å². The first-order valence-electron chi connectivity index (χ1n) is 7.98. The number of ether oxygens (including phenoxy) is 1. The number of para-hydroxylation sites is 1. The highest BCUT2D eigenvalue weighted by atomic mass is 16.5. The number of benzene rings is 2. The van der Waals surface area contributed by atoms with E-state index in [1.165, 1.54) is 6.92 Å². The lowest BCUT2D eigenvalue weighted by atomic mass is 10.1. The summed E-state index contributed by atoms with van der Waals surface area (Å²) in [6.07, 6.45) is -0.613. The van der Waals surface area contributed by atoms with Gasteiger partial charge in [-0.3, -0.25) is 4.79 Å². The maximum absolute atomic E-state index is 11.2. The summed E-state index contributed by atoms with van der Waals surface area (Å²) in [5.74, 6) is 0.652. The fourth-order valence-corrected chi connectivity index (χ4v) is 2.32. The van der Waals surface area contributed by atoms with Crippen molar-refractivity contribution < 1.29 is 14.6 Å². The lowest BCUT2D eigenvalue weighted by Crippen LogP contribution is -2.31. The molecule has 0 saturated carbocycles. The highest BCUT2D eigenvalue weighted by Crippen LogP contribution is 2.15. The maximum atomic E-state index is 11.2. The van der Waals surface area contributed by atoms with Gasteiger partial charge in [-0.1, -0.05) is 30.3 Å². The molecule has 0 bridgehead atoms. The molecular weight excluding hydrogens is 304 g/mol. The average molecular weight is 328 g/mol. The topological polar surface area (TPSA) is 70.6 Å². The summed E-state index contributed by atoms with van der Waals surface area (Å²) in [7, 11) is 0. The molecular formula is C19H24N2O3. The smallest absolute Gasteiger partial charge is 0.221 e. The van der Waals surface area contributed by atoms with Gasteiger partial charge in [-0.25, -0.2) is 0 Å². The molecule has 0 aliphatic heterocycles. The summed E-state index contributed by atoms with van der Waals surface area (Å²) in [4.78, 5) is 11.2. The second-order valence-corrected chi connectivity index (χ2v) is 5.75. The molecule has 1 amide bonds. The molecule has 5 nitrogen and oxygen atoms in total. The Hall–Kier alpha value is -2.37. The van der Waals surface area contributed by atoms with Gasteiger partial charge in [-0.15, -0.1) is 0 Å². The third kappa shape index (κ3) is 6.02. The minimum Gasteiger partial charge on any atom is -0.491 e. The fourth-order valence-electron chi connectivity index (χ4n) is 2.32. The van der Waals surface area contributed by atoms with Crippen LogP contribution in [-0.4, -0.2) is 30.3 Å². The zero-order valence-electron chi connectivity index (χ0n) is 14.1. The molecule has 0 aliphatic rings. The molecule has 0 aromatic heterocycles. The Labute approximate surface area is 142 Å². The van der Waals surface area contributed by atoms with Crippen LogP contribution in [0, 0.1) is 6.92 Å². The number of amides is 1. The molecule has 0 fully saturated rings. The SMILES string of the molecule is CC(=O)Nc1ccccc1CNCC(O)COc1cccc(C)c1. The van der Waals surface area contributed by atoms with E-state index < -0.39 is 6.10 Å². The largest absolute Gasteiger partial charge is 0.491 e. The van der Waals surface area contributed by atoms with Crippen LogP contribution in [0.25, 0.3) is 0 Å². The fraction of sp³-hybridized carbons (Fsp3) is 0.316. The molecule has 1 atom stereocenters. The number of carbonyl (C=O) groups excluding carboxylic acids is 1. The van der Waals surface area contributed by atoms with Crippen molar-refractivity contribution in [2.45, 2.75) is 26.5 Å². The molecule has 0 radical (unpaired) electrons. The molecule has 1 unspecified atom stereocenters. The number of anilines is 1. The average Bonchev–Trinajstić information content (AvgIpc) is 2.54. The molecule has 24 heavy (non-hydrogen) atoms. The van der Waals surface area contributed by atoms with Crippen LogP contribution in [0.3, 0.4) is 0 Å². The van der Waals surface area contributed by atoms with E-state index in [4.69, 9.17) is 4.74 Å². The van der Waals surface area contributed by atoms with E-state index >= 15 is 0 Å². The van der Waals surface area contributed by atoms with E-state index in [9.17, 15) is 9.90 Å². The summed E-state index contributed by atoms with van der Waals surface area (Å²) in [5, 5.41) is 16.0. The standard InChI is InChI=1S/C19H24N2O3/c1-14-6-5-8-18(10-14)24-13-17(23)12-20-11-16-7-3-4-9-19(16)21-15(2)22/h3-10,17,20,23H,11-13H2,1-2H3,(H,21,22). The van der Waals surface area contributed by atoms with Gasteiger partial charge < -0.3 is 20.5 Å². The molecule has 0 aliphatic carbocycles. The molecule has 2 aromatic carbocycles. The van der Waals surface area contributed by atoms with Crippen LogP contribution in [0.2, 0.25) is 0 Å². The van der Waals surface area contributed by atoms with Gasteiger partial charge in [0.15, 0.2) is 0 Å². The number of hydrogen-bond donors (Lipinski definition) is 3. The number of aliphatic hydroxyl groups is 1. The van der Waals surface area contributed by atoms with E-state index in [0.29, 0.717) is 13.1 Å². The molecule has 0 saturated heterocycles. The van der Waals surface area contributed by atoms with Crippen molar-refractivity contribution in [2.75, 3.05) is 18.5 Å². The third-order valence-corrected chi connectivity index (χ3v) is 3.46. The van der Waals surface area contributed by atoms with Crippen LogP contribution in [0.4, 0.5) is 5.69 Å². The van der Waals surface area contributed by atoms with Crippen molar-refractivity contribution in [1.82, 2.24) is 5.32 Å². The quantitative estimate of drug-likeness (QED) is 0.696. The van der Waals surface area contributed by atoms with Gasteiger partial charge in [-0.05, 0) is 36.2 Å². The van der Waals surface area contributed by atoms with Gasteiger partial charge in [0.2, 0.25) is 5.91 Å². The maximum Gasteiger partial charge on any atom is 0.221 e. The third-order valence-electron chi connectivity index (χ3n) is 3.46. The molecule has 2 aromatic rings. The van der Waals surface area contributed by atoms with Crippen LogP contribution in [0.15, 0.2) is 48.5 Å². The normalized spacial score (nSPS) is 11.8. The summed E-state index contributed by atoms with van der Waals surface area (Å²) < 4.78 is 5.58. The number of aryl methyl sites for hydroxylation is 1. The number of aliphatic hydroxyl groups excluding tert-OH is 1. The molecule has 2 rings (SSSR count). The summed E-state index contributed by atoms with van der Waals surface area (Å²) in [5.41, 5.74) is 2.87. The van der Waals surface area contributed by atoms with Gasteiger partial charge in [0.25, 0.3) is 0 Å². The number of carbonyl (C=O) groups is 1. The van der Waals surface area contributed by atoms with E-state index in [1.807, 2.05) is 55.5 Å². The van der Waals surface area contributed by atoms with E-state index in [-0.39, 0.29) is 12.5 Å². The number of nitrogens with one attached hydrogen (secondary N) is 2. The lowest BCUT2D eigenvalue weighted by Gasteiger charge is -2.15. The second kappa shape index (κ2) is 9.05. The number of hydrogen-bond acceptors (Lipinski definition) is 4. The van der Waals surface area contributed by atoms with Crippen LogP contribution < -0.4 is 15.4 Å². The summed E-state index contributed by atoms with van der Waals surface area (Å²) in [6.45, 7) is 4.66. The monoisotopic (exact) mass is 328 g/mol. The van der Waals surface area contributed by atoms with E-state index in [1.54, 1.807) is 0 Å². The van der Waals surface area contributed by atoms with Gasteiger partial charge >= 0.3 is 0 Å². The first kappa shape index (κ1) is 18.0. The van der Waals surface area contributed by atoms with Crippen molar-refractivity contribution in [2.24, 2.45) is 0 Å². The predicted molar refractivity (Wildman–Crippen MR) is 95.1 cm³/mol. The van der Waals surface area contributed by atoms with Crippen LogP contribution >= 0.6 is 0 Å². The first-order chi connectivity index (χ1) is 11.5. The van der Waals surface area contributed by atoms with Gasteiger partial charge in [-0.2, -0.15) is 0 Å². The van der Waals surface area contributed by atoms with Crippen molar-refractivity contribution >= 4 is 11.6 Å². The van der Waals surface area contributed by atoms with Gasteiger partial charge in [0, 0.05) is 25.7 Å². The molecule has 0 heterocycles. The second-order valence-electron chi connectivity index (χ2n) is 5.75. The van der Waals surface area contributed by atoms with Crippen molar-refractivity contribution in [1.29, 1.82) is 0 Å². The Morgan fingerprint density at radius 1 is 1.21 bits per heavy atom. The van der Waals surface area contributed by atoms with Crippen LogP contribution in [-0.2, 0) is 11.3 Å². The first-order valence-corrected chi connectivity index (χ1v) is 7.98. The van der Waals surface area contributed by atoms with Crippen LogP contribution in [0.5, 0.6) is 5.75 Å². The van der Waals surface area contributed by atoms with Crippen molar-refractivity contribution in [3.63, 3.8) is 0 Å². The predicted octanol–water partition coefficient (Wildman–Crippen LogP) is 2.48. The minimum atomic E-state index is -0.613. The number of rotatable bonds is 8. The molecule has 128 valence electrons. The molecule has 5 heteroatoms. The van der Waals surface area contributed by atoms with Crippen LogP contribution in [0.1, 0.15) is 18.1 Å². The zero-order valence-corrected chi connectivity index (χ0v) is 14.1. The molecule has 0 spiro atoms.